The molecule has 6 heteroatoms. The van der Waals surface area contributed by atoms with Crippen LogP contribution < -0.4 is 5.32 Å². The van der Waals surface area contributed by atoms with E-state index in [-0.39, 0.29) is 24.7 Å². The van der Waals surface area contributed by atoms with Crippen LogP contribution in [0.2, 0.25) is 0 Å². The number of nitrogens with one attached hydrogen (secondary N) is 1. The molecule has 0 amide bonds. The largest absolute Gasteiger partial charge is 0.393 e. The Morgan fingerprint density at radius 1 is 1.33 bits per heavy atom. The smallest absolute Gasteiger partial charge is 0.151 e. The van der Waals surface area contributed by atoms with Gasteiger partial charge in [-0.25, -0.2) is 8.42 Å². The van der Waals surface area contributed by atoms with E-state index < -0.39 is 15.4 Å². The average Bonchev–Trinajstić information content (AvgIpc) is 2.13. The molecule has 0 bridgehead atoms. The van der Waals surface area contributed by atoms with Gasteiger partial charge in [0.05, 0.1) is 18.0 Å². The van der Waals surface area contributed by atoms with E-state index in [0.717, 1.165) is 0 Å². The van der Waals surface area contributed by atoms with E-state index in [1.54, 1.807) is 0 Å². The molecule has 3 N–H and O–H groups in total. The molecule has 0 fully saturated rings. The maximum Gasteiger partial charge on any atom is 0.151 e. The molecule has 0 aromatic rings. The minimum atomic E-state index is -2.96. The van der Waals surface area contributed by atoms with Gasteiger partial charge in [-0.3, -0.25) is 0 Å². The lowest BCUT2D eigenvalue weighted by atomic mass is 10.1. The van der Waals surface area contributed by atoms with Gasteiger partial charge in [-0.2, -0.15) is 0 Å². The summed E-state index contributed by atoms with van der Waals surface area (Å²) in [4.78, 5) is 0. The lowest BCUT2D eigenvalue weighted by Gasteiger charge is -2.20. The predicted molar refractivity (Wildman–Crippen MR) is 59.5 cm³/mol. The minimum Gasteiger partial charge on any atom is -0.393 e. The topological polar surface area (TPSA) is 86.6 Å². The summed E-state index contributed by atoms with van der Waals surface area (Å²) in [5.74, 6) is 0.271. The molecule has 5 nitrogen and oxygen atoms in total. The summed E-state index contributed by atoms with van der Waals surface area (Å²) in [6.45, 7) is 3.45. The zero-order chi connectivity index (χ0) is 11.9. The van der Waals surface area contributed by atoms with Crippen LogP contribution in [0.15, 0.2) is 0 Å². The highest BCUT2D eigenvalue weighted by Crippen LogP contribution is 1.98. The van der Waals surface area contributed by atoms with Crippen molar-refractivity contribution in [2.24, 2.45) is 0 Å². The van der Waals surface area contributed by atoms with Gasteiger partial charge in [0.25, 0.3) is 0 Å². The van der Waals surface area contributed by atoms with E-state index >= 15 is 0 Å². The Kier molecular flexibility index (Phi) is 6.35. The van der Waals surface area contributed by atoms with Gasteiger partial charge in [-0.15, -0.1) is 0 Å². The summed E-state index contributed by atoms with van der Waals surface area (Å²) in [5.41, 5.74) is -1.19. The van der Waals surface area contributed by atoms with Crippen LogP contribution in [-0.2, 0) is 9.84 Å². The average molecular weight is 239 g/mol. The first-order valence-corrected chi connectivity index (χ1v) is 6.89. The Labute approximate surface area is 91.4 Å². The lowest BCUT2D eigenvalue weighted by molar-refractivity contribution is 0.00322. The van der Waals surface area contributed by atoms with Crippen molar-refractivity contribution in [2.75, 3.05) is 31.2 Å². The zero-order valence-corrected chi connectivity index (χ0v) is 10.2. The molecular formula is C9H21NO4S. The fourth-order valence-electron chi connectivity index (χ4n) is 1.05. The number of hydrogen-bond acceptors (Lipinski definition) is 5. The van der Waals surface area contributed by atoms with Gasteiger partial charge in [-0.05, 0) is 13.3 Å². The molecule has 92 valence electrons. The minimum absolute atomic E-state index is 0.0718. The van der Waals surface area contributed by atoms with Crippen molar-refractivity contribution in [3.8, 4) is 0 Å². The summed E-state index contributed by atoms with van der Waals surface area (Å²) in [7, 11) is -2.96. The highest BCUT2D eigenvalue weighted by Gasteiger charge is 2.18. The fourth-order valence-corrected chi connectivity index (χ4v) is 2.34. The zero-order valence-electron chi connectivity index (χ0n) is 9.36. The van der Waals surface area contributed by atoms with Gasteiger partial charge in [0.15, 0.2) is 9.84 Å². The van der Waals surface area contributed by atoms with Gasteiger partial charge in [0, 0.05) is 18.8 Å². The highest BCUT2D eigenvalue weighted by atomic mass is 32.2. The van der Waals surface area contributed by atoms with Crippen LogP contribution in [0.1, 0.15) is 20.3 Å². The van der Waals surface area contributed by atoms with Crippen LogP contribution >= 0.6 is 0 Å². The molecule has 1 unspecified atom stereocenters. The molecule has 15 heavy (non-hydrogen) atoms. The number of hydrogen-bond donors (Lipinski definition) is 3. The van der Waals surface area contributed by atoms with Crippen LogP contribution in [0.3, 0.4) is 0 Å². The number of rotatable bonds is 8. The van der Waals surface area contributed by atoms with Crippen LogP contribution in [0, 0.1) is 0 Å². The molecule has 0 saturated carbocycles. The molecule has 0 aliphatic carbocycles. The predicted octanol–water partition coefficient (Wildman–Crippen LogP) is -0.856. The summed E-state index contributed by atoms with van der Waals surface area (Å²) >= 11 is 0. The van der Waals surface area contributed by atoms with E-state index in [2.05, 4.69) is 5.32 Å². The van der Waals surface area contributed by atoms with E-state index in [4.69, 9.17) is 5.11 Å². The summed E-state index contributed by atoms with van der Waals surface area (Å²) in [5, 5.41) is 20.9. The van der Waals surface area contributed by atoms with Gasteiger partial charge >= 0.3 is 0 Å². The monoisotopic (exact) mass is 239 g/mol. The van der Waals surface area contributed by atoms with E-state index in [1.807, 2.05) is 6.92 Å². The van der Waals surface area contributed by atoms with E-state index in [1.165, 1.54) is 6.92 Å². The van der Waals surface area contributed by atoms with Crippen molar-refractivity contribution in [3.63, 3.8) is 0 Å². The first-order valence-electron chi connectivity index (χ1n) is 5.07. The van der Waals surface area contributed by atoms with Crippen LogP contribution in [-0.4, -0.2) is 55.4 Å². The van der Waals surface area contributed by atoms with Crippen molar-refractivity contribution in [1.29, 1.82) is 0 Å². The SMILES string of the molecule is CCCS(=O)(=O)CCNCC(C)(O)CO. The standard InChI is InChI=1S/C9H21NO4S/c1-3-5-15(13,14)6-4-10-7-9(2,12)8-11/h10-12H,3-8H2,1-2H3. The van der Waals surface area contributed by atoms with Gasteiger partial charge in [0.1, 0.15) is 0 Å². The Morgan fingerprint density at radius 2 is 1.93 bits per heavy atom. The maximum absolute atomic E-state index is 11.3. The Bertz CT molecular complexity index is 261. The summed E-state index contributed by atoms with van der Waals surface area (Å²) in [6, 6.07) is 0. The Hall–Kier alpha value is -0.170. The lowest BCUT2D eigenvalue weighted by Crippen LogP contribution is -2.42. The highest BCUT2D eigenvalue weighted by molar-refractivity contribution is 7.91. The van der Waals surface area contributed by atoms with Gasteiger partial charge < -0.3 is 15.5 Å². The van der Waals surface area contributed by atoms with Crippen LogP contribution in [0.4, 0.5) is 0 Å². The molecule has 0 aliphatic heterocycles. The third-order valence-electron chi connectivity index (χ3n) is 1.95. The molecule has 0 spiro atoms. The molecule has 0 rings (SSSR count). The number of sulfone groups is 1. The molecule has 0 aromatic heterocycles. The quantitative estimate of drug-likeness (QED) is 0.480. The van der Waals surface area contributed by atoms with Crippen molar-refractivity contribution in [2.45, 2.75) is 25.9 Å². The van der Waals surface area contributed by atoms with Gasteiger partial charge in [-0.1, -0.05) is 6.92 Å². The summed E-state index contributed by atoms with van der Waals surface area (Å²) < 4.78 is 22.5. The first-order chi connectivity index (χ1) is 6.83. The number of aliphatic hydroxyl groups excluding tert-OH is 1. The third kappa shape index (κ3) is 7.72. The molecule has 0 aromatic carbocycles. The fraction of sp³-hybridized carbons (Fsp3) is 1.00. The second kappa shape index (κ2) is 6.42. The second-order valence-electron chi connectivity index (χ2n) is 3.98. The van der Waals surface area contributed by atoms with Crippen LogP contribution in [0.25, 0.3) is 0 Å². The third-order valence-corrected chi connectivity index (χ3v) is 3.81. The molecule has 0 aliphatic rings. The molecule has 0 saturated heterocycles. The van der Waals surface area contributed by atoms with Crippen molar-refractivity contribution >= 4 is 9.84 Å². The number of aliphatic hydroxyl groups is 2. The van der Waals surface area contributed by atoms with Crippen molar-refractivity contribution in [3.05, 3.63) is 0 Å². The molecule has 0 radical (unpaired) electrons. The van der Waals surface area contributed by atoms with E-state index in [0.29, 0.717) is 13.0 Å². The Balaban J connectivity index is 3.72. The van der Waals surface area contributed by atoms with Gasteiger partial charge in [0.2, 0.25) is 0 Å². The maximum atomic E-state index is 11.3. The van der Waals surface area contributed by atoms with Crippen molar-refractivity contribution < 1.29 is 18.6 Å². The molecule has 1 atom stereocenters. The Morgan fingerprint density at radius 3 is 2.40 bits per heavy atom. The van der Waals surface area contributed by atoms with Crippen molar-refractivity contribution in [1.82, 2.24) is 5.32 Å². The van der Waals surface area contributed by atoms with Crippen LogP contribution in [0.5, 0.6) is 0 Å². The first kappa shape index (κ1) is 14.8. The van der Waals surface area contributed by atoms with E-state index in [9.17, 15) is 13.5 Å². The normalized spacial score (nSPS) is 16.3. The molecule has 0 heterocycles. The molecular weight excluding hydrogens is 218 g/mol. The summed E-state index contributed by atoms with van der Waals surface area (Å²) in [6.07, 6.45) is 0.622. The second-order valence-corrected chi connectivity index (χ2v) is 6.29.